The van der Waals surface area contributed by atoms with Crippen LogP contribution in [0.5, 0.6) is 0 Å². The second-order valence-corrected chi connectivity index (χ2v) is 4.84. The fourth-order valence-electron chi connectivity index (χ4n) is 1.89. The van der Waals surface area contributed by atoms with Gasteiger partial charge in [0.1, 0.15) is 5.69 Å². The average Bonchev–Trinajstić information content (AvgIpc) is 2.84. The molecule has 0 fully saturated rings. The number of carboxylic acid groups (broad SMARTS) is 1. The monoisotopic (exact) mass is 271 g/mol. The summed E-state index contributed by atoms with van der Waals surface area (Å²) in [5.41, 5.74) is 7.54. The van der Waals surface area contributed by atoms with E-state index in [-0.39, 0.29) is 5.56 Å². The smallest absolute Gasteiger partial charge is 0.336 e. The third kappa shape index (κ3) is 2.02. The summed E-state index contributed by atoms with van der Waals surface area (Å²) in [5.74, 6) is -0.983. The first kappa shape index (κ1) is 11.6. The Balaban J connectivity index is 2.30. The molecule has 1 aromatic carbocycles. The molecule has 2 aromatic heterocycles. The molecule has 0 spiro atoms. The van der Waals surface area contributed by atoms with Crippen LogP contribution in [0.15, 0.2) is 35.7 Å². The third-order valence-electron chi connectivity index (χ3n) is 2.73. The van der Waals surface area contributed by atoms with Gasteiger partial charge in [-0.2, -0.15) is 0 Å². The largest absolute Gasteiger partial charge is 0.478 e. The lowest BCUT2D eigenvalue weighted by molar-refractivity contribution is 0.0699. The molecule has 0 saturated carbocycles. The van der Waals surface area contributed by atoms with Gasteiger partial charge in [0.05, 0.1) is 16.8 Å². The SMILES string of the molecule is Nc1nc(-c2cc(C(=O)O)c3ccccc3n2)cs1. The highest BCUT2D eigenvalue weighted by Gasteiger charge is 2.13. The van der Waals surface area contributed by atoms with Crippen molar-refractivity contribution in [2.75, 3.05) is 5.73 Å². The summed E-state index contributed by atoms with van der Waals surface area (Å²) in [6, 6.07) is 8.66. The highest BCUT2D eigenvalue weighted by Crippen LogP contribution is 2.26. The number of rotatable bonds is 2. The fraction of sp³-hybridized carbons (Fsp3) is 0. The summed E-state index contributed by atoms with van der Waals surface area (Å²) in [5, 5.41) is 12.1. The second kappa shape index (κ2) is 4.33. The summed E-state index contributed by atoms with van der Waals surface area (Å²) >= 11 is 1.30. The van der Waals surface area contributed by atoms with Crippen LogP contribution in [0.4, 0.5) is 5.13 Å². The summed E-state index contributed by atoms with van der Waals surface area (Å²) in [4.78, 5) is 19.9. The Morgan fingerprint density at radius 3 is 2.68 bits per heavy atom. The van der Waals surface area contributed by atoms with Crippen LogP contribution in [0.2, 0.25) is 0 Å². The summed E-state index contributed by atoms with van der Waals surface area (Å²) < 4.78 is 0. The van der Waals surface area contributed by atoms with Crippen LogP contribution in [0.3, 0.4) is 0 Å². The van der Waals surface area contributed by atoms with Gasteiger partial charge in [-0.3, -0.25) is 0 Å². The van der Waals surface area contributed by atoms with Crippen molar-refractivity contribution in [3.63, 3.8) is 0 Å². The number of para-hydroxylation sites is 1. The minimum Gasteiger partial charge on any atom is -0.478 e. The van der Waals surface area contributed by atoms with Crippen molar-refractivity contribution in [2.45, 2.75) is 0 Å². The minimum absolute atomic E-state index is 0.215. The van der Waals surface area contributed by atoms with Gasteiger partial charge < -0.3 is 10.8 Å². The maximum Gasteiger partial charge on any atom is 0.336 e. The predicted molar refractivity (Wildman–Crippen MR) is 74.2 cm³/mol. The molecule has 0 bridgehead atoms. The van der Waals surface area contributed by atoms with Gasteiger partial charge in [-0.1, -0.05) is 18.2 Å². The maximum atomic E-state index is 11.3. The van der Waals surface area contributed by atoms with Crippen molar-refractivity contribution in [1.82, 2.24) is 9.97 Å². The van der Waals surface area contributed by atoms with Crippen LogP contribution in [0, 0.1) is 0 Å². The molecular weight excluding hydrogens is 262 g/mol. The zero-order valence-electron chi connectivity index (χ0n) is 9.70. The lowest BCUT2D eigenvalue weighted by Crippen LogP contribution is -2.00. The average molecular weight is 271 g/mol. The number of aromatic carboxylic acids is 1. The van der Waals surface area contributed by atoms with E-state index in [1.165, 1.54) is 17.4 Å². The number of fused-ring (bicyclic) bond motifs is 1. The van der Waals surface area contributed by atoms with E-state index in [4.69, 9.17) is 5.73 Å². The molecule has 3 rings (SSSR count). The van der Waals surface area contributed by atoms with Gasteiger partial charge in [0.25, 0.3) is 0 Å². The molecule has 19 heavy (non-hydrogen) atoms. The van der Waals surface area contributed by atoms with Crippen molar-refractivity contribution in [3.05, 3.63) is 41.3 Å². The van der Waals surface area contributed by atoms with Crippen LogP contribution < -0.4 is 5.73 Å². The number of thiazole rings is 1. The molecule has 3 N–H and O–H groups in total. The Hall–Kier alpha value is -2.47. The standard InChI is InChI=1S/C13H9N3O2S/c14-13-16-11(6-19-13)10-5-8(12(17)18)7-3-1-2-4-9(7)15-10/h1-6H,(H2,14,16)(H,17,18). The van der Waals surface area contributed by atoms with Gasteiger partial charge in [-0.05, 0) is 12.1 Å². The number of carboxylic acids is 1. The quantitative estimate of drug-likeness (QED) is 0.748. The number of nitrogens with two attached hydrogens (primary N) is 1. The van der Waals surface area contributed by atoms with E-state index < -0.39 is 5.97 Å². The molecule has 6 heteroatoms. The number of anilines is 1. The topological polar surface area (TPSA) is 89.1 Å². The van der Waals surface area contributed by atoms with E-state index in [0.717, 1.165) is 0 Å². The van der Waals surface area contributed by atoms with Gasteiger partial charge in [0.2, 0.25) is 0 Å². The molecule has 0 atom stereocenters. The number of nitrogens with zero attached hydrogens (tertiary/aromatic N) is 2. The van der Waals surface area contributed by atoms with Gasteiger partial charge in [0, 0.05) is 10.8 Å². The number of nitrogen functional groups attached to an aromatic ring is 1. The van der Waals surface area contributed by atoms with E-state index in [1.807, 2.05) is 6.07 Å². The number of carbonyl (C=O) groups is 1. The molecule has 94 valence electrons. The molecule has 0 aliphatic carbocycles. The highest BCUT2D eigenvalue weighted by molar-refractivity contribution is 7.13. The predicted octanol–water partition coefficient (Wildman–Crippen LogP) is 2.64. The lowest BCUT2D eigenvalue weighted by Gasteiger charge is -2.04. The van der Waals surface area contributed by atoms with Crippen LogP contribution in [0.1, 0.15) is 10.4 Å². The molecule has 5 nitrogen and oxygen atoms in total. The first-order valence-electron chi connectivity index (χ1n) is 5.49. The van der Waals surface area contributed by atoms with Crippen molar-refractivity contribution < 1.29 is 9.90 Å². The van der Waals surface area contributed by atoms with Gasteiger partial charge >= 0.3 is 5.97 Å². The number of pyridine rings is 1. The van der Waals surface area contributed by atoms with Crippen molar-refractivity contribution >= 4 is 33.3 Å². The number of hydrogen-bond donors (Lipinski definition) is 2. The molecule has 0 aliphatic heterocycles. The van der Waals surface area contributed by atoms with Crippen LogP contribution >= 0.6 is 11.3 Å². The summed E-state index contributed by atoms with van der Waals surface area (Å²) in [6.07, 6.45) is 0. The Labute approximate surface area is 112 Å². The van der Waals surface area contributed by atoms with E-state index in [1.54, 1.807) is 23.6 Å². The Morgan fingerprint density at radius 1 is 1.21 bits per heavy atom. The minimum atomic E-state index is -0.983. The molecule has 0 saturated heterocycles. The van der Waals surface area contributed by atoms with Gasteiger partial charge in [0.15, 0.2) is 5.13 Å². The molecule has 3 aromatic rings. The lowest BCUT2D eigenvalue weighted by atomic mass is 10.1. The zero-order chi connectivity index (χ0) is 13.4. The number of hydrogen-bond acceptors (Lipinski definition) is 5. The molecule has 0 amide bonds. The van der Waals surface area contributed by atoms with E-state index in [9.17, 15) is 9.90 Å². The van der Waals surface area contributed by atoms with Crippen LogP contribution in [-0.2, 0) is 0 Å². The molecule has 0 aliphatic rings. The van der Waals surface area contributed by atoms with E-state index >= 15 is 0 Å². The van der Waals surface area contributed by atoms with Crippen molar-refractivity contribution in [2.24, 2.45) is 0 Å². The Morgan fingerprint density at radius 2 is 2.00 bits per heavy atom. The van der Waals surface area contributed by atoms with E-state index in [2.05, 4.69) is 9.97 Å². The highest BCUT2D eigenvalue weighted by atomic mass is 32.1. The first-order chi connectivity index (χ1) is 9.15. The van der Waals surface area contributed by atoms with Crippen molar-refractivity contribution in [3.8, 4) is 11.4 Å². The Bertz CT molecular complexity index is 782. The van der Waals surface area contributed by atoms with Crippen molar-refractivity contribution in [1.29, 1.82) is 0 Å². The maximum absolute atomic E-state index is 11.3. The molecular formula is C13H9N3O2S. The second-order valence-electron chi connectivity index (χ2n) is 3.95. The van der Waals surface area contributed by atoms with Crippen LogP contribution in [0.25, 0.3) is 22.3 Å². The zero-order valence-corrected chi connectivity index (χ0v) is 10.5. The van der Waals surface area contributed by atoms with Gasteiger partial charge in [-0.15, -0.1) is 11.3 Å². The van der Waals surface area contributed by atoms with Gasteiger partial charge in [-0.25, -0.2) is 14.8 Å². The molecule has 2 heterocycles. The summed E-state index contributed by atoms with van der Waals surface area (Å²) in [6.45, 7) is 0. The summed E-state index contributed by atoms with van der Waals surface area (Å²) in [7, 11) is 0. The van der Waals surface area contributed by atoms with Crippen LogP contribution in [-0.4, -0.2) is 21.0 Å². The molecule has 0 radical (unpaired) electrons. The van der Waals surface area contributed by atoms with E-state index in [0.29, 0.717) is 27.4 Å². The number of benzene rings is 1. The first-order valence-corrected chi connectivity index (χ1v) is 6.37. The number of aromatic nitrogens is 2. The normalized spacial score (nSPS) is 10.7. The third-order valence-corrected chi connectivity index (χ3v) is 3.40. The Kier molecular flexibility index (Phi) is 2.64. The fourth-order valence-corrected chi connectivity index (χ4v) is 2.45. The molecule has 0 unspecified atom stereocenters.